The van der Waals surface area contributed by atoms with Crippen LogP contribution in [0.3, 0.4) is 0 Å². The third-order valence-electron chi connectivity index (χ3n) is 7.35. The van der Waals surface area contributed by atoms with Crippen molar-refractivity contribution in [3.05, 3.63) is 112 Å². The van der Waals surface area contributed by atoms with Crippen LogP contribution in [-0.2, 0) is 4.79 Å². The van der Waals surface area contributed by atoms with Gasteiger partial charge in [0.2, 0.25) is 0 Å². The number of benzene rings is 3. The fraction of sp³-hybridized carbons (Fsp3) is 0.226. The number of Topliss-reactive ketones (excluding diaryl/α,β-unsaturated/α-hetero) is 2. The van der Waals surface area contributed by atoms with Crippen LogP contribution >= 0.6 is 0 Å². The number of para-hydroxylation sites is 2. The zero-order valence-corrected chi connectivity index (χ0v) is 20.2. The number of allylic oxidation sites excluding steroid dienone is 3. The highest BCUT2D eigenvalue weighted by atomic mass is 16.5. The molecule has 174 valence electrons. The van der Waals surface area contributed by atoms with E-state index in [0.717, 1.165) is 40.2 Å². The minimum absolute atomic E-state index is 0.00599. The van der Waals surface area contributed by atoms with Gasteiger partial charge in [-0.15, -0.1) is 0 Å². The highest BCUT2D eigenvalue weighted by Crippen LogP contribution is 2.57. The van der Waals surface area contributed by atoms with E-state index in [1.807, 2.05) is 78.9 Å². The van der Waals surface area contributed by atoms with Gasteiger partial charge >= 0.3 is 0 Å². The molecule has 0 spiro atoms. The number of methoxy groups -OCH3 is 1. The lowest BCUT2D eigenvalue weighted by Crippen LogP contribution is -2.39. The maximum atomic E-state index is 14.0. The molecule has 1 heterocycles. The standard InChI is InChI=1S/C31H27NO3/c1-31(2)17-23-27(24(33)18-31)26(19-11-5-4-6-12-19)28-29(20-13-7-8-14-21(20)30(28)34)32(23)22-15-9-10-16-25(22)35-3/h4-16,26H,17-18H2,1-3H3/t26-/m1/s1. The molecule has 0 saturated carbocycles. The second-order valence-electron chi connectivity index (χ2n) is 10.3. The number of ketones is 2. The topological polar surface area (TPSA) is 46.6 Å². The molecule has 0 bridgehead atoms. The fourth-order valence-corrected chi connectivity index (χ4v) is 5.96. The summed E-state index contributed by atoms with van der Waals surface area (Å²) in [5.41, 5.74) is 6.46. The largest absolute Gasteiger partial charge is 0.495 e. The summed E-state index contributed by atoms with van der Waals surface area (Å²) in [5.74, 6) is 0.418. The van der Waals surface area contributed by atoms with Crippen LogP contribution in [0.5, 0.6) is 5.75 Å². The number of hydrogen-bond acceptors (Lipinski definition) is 4. The van der Waals surface area contributed by atoms with Crippen molar-refractivity contribution in [3.8, 4) is 5.75 Å². The Kier molecular flexibility index (Phi) is 4.82. The number of carbonyl (C=O) groups is 2. The van der Waals surface area contributed by atoms with Crippen molar-refractivity contribution in [2.24, 2.45) is 5.41 Å². The number of anilines is 1. The summed E-state index contributed by atoms with van der Waals surface area (Å²) in [5, 5.41) is 0. The van der Waals surface area contributed by atoms with Gasteiger partial charge in [-0.25, -0.2) is 0 Å². The molecule has 3 aromatic rings. The number of rotatable bonds is 3. The number of ether oxygens (including phenoxy) is 1. The monoisotopic (exact) mass is 461 g/mol. The lowest BCUT2D eigenvalue weighted by Gasteiger charge is -2.44. The maximum absolute atomic E-state index is 14.0. The van der Waals surface area contributed by atoms with E-state index in [2.05, 4.69) is 18.7 Å². The summed E-state index contributed by atoms with van der Waals surface area (Å²) in [4.78, 5) is 30.0. The van der Waals surface area contributed by atoms with Crippen LogP contribution in [0.1, 0.15) is 54.1 Å². The maximum Gasteiger partial charge on any atom is 0.192 e. The van der Waals surface area contributed by atoms with E-state index < -0.39 is 5.92 Å². The summed E-state index contributed by atoms with van der Waals surface area (Å²) in [6, 6.07) is 25.6. The molecule has 4 heteroatoms. The number of hydrogen-bond donors (Lipinski definition) is 0. The molecular formula is C31H27NO3. The lowest BCUT2D eigenvalue weighted by molar-refractivity contribution is -0.118. The summed E-state index contributed by atoms with van der Waals surface area (Å²) in [6.07, 6.45) is 1.18. The van der Waals surface area contributed by atoms with Crippen LogP contribution < -0.4 is 9.64 Å². The normalized spacial score (nSPS) is 20.5. The van der Waals surface area contributed by atoms with E-state index in [1.165, 1.54) is 0 Å². The molecule has 0 radical (unpaired) electrons. The second kappa shape index (κ2) is 7.81. The van der Waals surface area contributed by atoms with Crippen LogP contribution in [0.4, 0.5) is 5.69 Å². The summed E-state index contributed by atoms with van der Waals surface area (Å²) in [7, 11) is 1.66. The zero-order valence-electron chi connectivity index (χ0n) is 20.2. The molecule has 0 unspecified atom stereocenters. The van der Waals surface area contributed by atoms with Gasteiger partial charge in [-0.05, 0) is 29.5 Å². The first-order chi connectivity index (χ1) is 16.9. The first kappa shape index (κ1) is 21.6. The van der Waals surface area contributed by atoms with Crippen molar-refractivity contribution in [3.63, 3.8) is 0 Å². The molecular weight excluding hydrogens is 434 g/mol. The number of carbonyl (C=O) groups excluding carboxylic acids is 2. The molecule has 0 saturated heterocycles. The molecule has 0 amide bonds. The Labute approximate surface area is 205 Å². The summed E-state index contributed by atoms with van der Waals surface area (Å²) in [6.45, 7) is 4.29. The molecule has 0 aromatic heterocycles. The Bertz CT molecular complexity index is 1440. The van der Waals surface area contributed by atoms with Crippen molar-refractivity contribution in [1.82, 2.24) is 0 Å². The van der Waals surface area contributed by atoms with Gasteiger partial charge < -0.3 is 9.64 Å². The summed E-state index contributed by atoms with van der Waals surface area (Å²) >= 11 is 0. The first-order valence-electron chi connectivity index (χ1n) is 12.0. The van der Waals surface area contributed by atoms with E-state index in [0.29, 0.717) is 23.3 Å². The van der Waals surface area contributed by atoms with Crippen molar-refractivity contribution in [1.29, 1.82) is 0 Å². The van der Waals surface area contributed by atoms with Crippen molar-refractivity contribution in [2.45, 2.75) is 32.6 Å². The molecule has 3 aromatic carbocycles. The highest BCUT2D eigenvalue weighted by molar-refractivity contribution is 6.26. The highest BCUT2D eigenvalue weighted by Gasteiger charge is 2.49. The number of nitrogens with zero attached hydrogens (tertiary/aromatic N) is 1. The molecule has 6 rings (SSSR count). The van der Waals surface area contributed by atoms with E-state index >= 15 is 0 Å². The molecule has 3 aliphatic rings. The first-order valence-corrected chi connectivity index (χ1v) is 12.0. The fourth-order valence-electron chi connectivity index (χ4n) is 5.96. The van der Waals surface area contributed by atoms with E-state index in [1.54, 1.807) is 7.11 Å². The van der Waals surface area contributed by atoms with E-state index in [9.17, 15) is 9.59 Å². The predicted octanol–water partition coefficient (Wildman–Crippen LogP) is 6.55. The minimum Gasteiger partial charge on any atom is -0.495 e. The van der Waals surface area contributed by atoms with Gasteiger partial charge in [0.1, 0.15) is 5.75 Å². The van der Waals surface area contributed by atoms with Crippen molar-refractivity contribution >= 4 is 23.0 Å². The van der Waals surface area contributed by atoms with Crippen LogP contribution in [0, 0.1) is 5.41 Å². The minimum atomic E-state index is -0.393. The molecule has 0 fully saturated rings. The average Bonchev–Trinajstić information content (AvgIpc) is 3.15. The smallest absolute Gasteiger partial charge is 0.192 e. The molecule has 1 atom stereocenters. The molecule has 0 N–H and O–H groups in total. The third kappa shape index (κ3) is 3.20. The quantitative estimate of drug-likeness (QED) is 0.444. The van der Waals surface area contributed by atoms with Gasteiger partial charge in [0.15, 0.2) is 11.6 Å². The van der Waals surface area contributed by atoms with E-state index in [4.69, 9.17) is 4.74 Å². The van der Waals surface area contributed by atoms with Crippen LogP contribution in [0.25, 0.3) is 5.70 Å². The van der Waals surface area contributed by atoms with Crippen molar-refractivity contribution in [2.75, 3.05) is 12.0 Å². The summed E-state index contributed by atoms with van der Waals surface area (Å²) < 4.78 is 5.78. The van der Waals surface area contributed by atoms with E-state index in [-0.39, 0.29) is 17.0 Å². The van der Waals surface area contributed by atoms with Crippen LogP contribution in [-0.4, -0.2) is 18.7 Å². The Hall–Kier alpha value is -3.92. The van der Waals surface area contributed by atoms with Crippen LogP contribution in [0.2, 0.25) is 0 Å². The molecule has 35 heavy (non-hydrogen) atoms. The SMILES string of the molecule is COc1ccccc1N1C2=C(C(=O)CC(C)(C)C2)[C@@H](c2ccccc2)C2=C1c1ccccc1C2=O. The molecule has 4 nitrogen and oxygen atoms in total. The van der Waals surface area contributed by atoms with Gasteiger partial charge in [-0.1, -0.05) is 80.6 Å². The zero-order chi connectivity index (χ0) is 24.3. The second-order valence-corrected chi connectivity index (χ2v) is 10.3. The van der Waals surface area contributed by atoms with Gasteiger partial charge in [0.05, 0.1) is 18.5 Å². The van der Waals surface area contributed by atoms with Gasteiger partial charge in [0.25, 0.3) is 0 Å². The lowest BCUT2D eigenvalue weighted by atomic mass is 9.68. The average molecular weight is 462 g/mol. The third-order valence-corrected chi connectivity index (χ3v) is 7.35. The molecule has 1 aliphatic heterocycles. The Balaban J connectivity index is 1.72. The Morgan fingerprint density at radius 3 is 2.20 bits per heavy atom. The molecule has 2 aliphatic carbocycles. The van der Waals surface area contributed by atoms with Crippen LogP contribution in [0.15, 0.2) is 95.7 Å². The Morgan fingerprint density at radius 1 is 0.800 bits per heavy atom. The van der Waals surface area contributed by atoms with Gasteiger partial charge in [-0.3, -0.25) is 9.59 Å². The predicted molar refractivity (Wildman–Crippen MR) is 137 cm³/mol. The number of fused-ring (bicyclic) bond motifs is 2. The Morgan fingerprint density at radius 2 is 1.46 bits per heavy atom. The van der Waals surface area contributed by atoms with Gasteiger partial charge in [-0.2, -0.15) is 0 Å². The van der Waals surface area contributed by atoms with Gasteiger partial charge in [0, 0.05) is 40.3 Å². The van der Waals surface area contributed by atoms with Crippen molar-refractivity contribution < 1.29 is 14.3 Å².